The number of carbonyl (C=O) groups excluding carboxylic acids is 2. The molecule has 1 aromatic rings. The monoisotopic (exact) mass is 303 g/mol. The van der Waals surface area contributed by atoms with Gasteiger partial charge in [-0.2, -0.15) is 0 Å². The van der Waals surface area contributed by atoms with Gasteiger partial charge in [0.15, 0.2) is 0 Å². The third-order valence-electron chi connectivity index (χ3n) is 3.87. The third-order valence-corrected chi connectivity index (χ3v) is 3.87. The van der Waals surface area contributed by atoms with Gasteiger partial charge in [0.05, 0.1) is 12.3 Å². The molecule has 0 radical (unpaired) electrons. The maximum Gasteiger partial charge on any atom is 0.344 e. The first-order valence-corrected chi connectivity index (χ1v) is 7.57. The molecule has 0 bridgehead atoms. The molecule has 2 atom stereocenters. The second-order valence-corrected chi connectivity index (χ2v) is 7.00. The Morgan fingerprint density at radius 2 is 2.05 bits per heavy atom. The minimum atomic E-state index is -0.607. The average molecular weight is 303 g/mol. The molecule has 0 spiro atoms. The molecule has 1 N–H and O–H groups in total. The quantitative estimate of drug-likeness (QED) is 0.853. The van der Waals surface area contributed by atoms with Crippen molar-refractivity contribution in [2.75, 3.05) is 11.9 Å². The van der Waals surface area contributed by atoms with E-state index < -0.39 is 11.6 Å². The minimum Gasteiger partial charge on any atom is -0.492 e. The molecule has 1 amide bonds. The third kappa shape index (κ3) is 2.80. The summed E-state index contributed by atoms with van der Waals surface area (Å²) in [7, 11) is 0. The van der Waals surface area contributed by atoms with Gasteiger partial charge in [0.2, 0.25) is 5.91 Å². The number of amides is 1. The molecule has 2 aliphatic rings. The highest BCUT2D eigenvalue weighted by atomic mass is 16.6. The van der Waals surface area contributed by atoms with Crippen LogP contribution in [0, 0.1) is 5.92 Å². The molecule has 22 heavy (non-hydrogen) atoms. The van der Waals surface area contributed by atoms with Crippen molar-refractivity contribution in [2.24, 2.45) is 5.92 Å². The topological polar surface area (TPSA) is 64.6 Å². The fourth-order valence-electron chi connectivity index (χ4n) is 2.87. The number of hydrogen-bond donors (Lipinski definition) is 1. The van der Waals surface area contributed by atoms with E-state index in [1.54, 1.807) is 6.07 Å². The summed E-state index contributed by atoms with van der Waals surface area (Å²) >= 11 is 0. The van der Waals surface area contributed by atoms with Gasteiger partial charge in [0, 0.05) is 12.8 Å². The summed E-state index contributed by atoms with van der Waals surface area (Å²) in [5.74, 6) is 0.901. The van der Waals surface area contributed by atoms with Crippen LogP contribution in [-0.4, -0.2) is 24.1 Å². The van der Waals surface area contributed by atoms with Crippen LogP contribution in [0.2, 0.25) is 0 Å². The van der Waals surface area contributed by atoms with Gasteiger partial charge in [-0.3, -0.25) is 4.79 Å². The number of fused-ring (bicyclic) bond motifs is 3. The molecular formula is C17H21NO4. The molecule has 1 heterocycles. The van der Waals surface area contributed by atoms with Crippen LogP contribution < -0.4 is 10.1 Å². The van der Waals surface area contributed by atoms with E-state index in [0.29, 0.717) is 35.4 Å². The van der Waals surface area contributed by atoms with E-state index in [2.05, 4.69) is 5.32 Å². The summed E-state index contributed by atoms with van der Waals surface area (Å²) in [6.45, 7) is 7.48. The number of esters is 1. The summed E-state index contributed by atoms with van der Waals surface area (Å²) in [6, 6.07) is 3.71. The summed E-state index contributed by atoms with van der Waals surface area (Å²) in [5.41, 5.74) is 1.21. The zero-order valence-electron chi connectivity index (χ0n) is 13.4. The van der Waals surface area contributed by atoms with Crippen LogP contribution in [0.25, 0.3) is 0 Å². The predicted octanol–water partition coefficient (Wildman–Crippen LogP) is 3.10. The second kappa shape index (κ2) is 5.00. The Morgan fingerprint density at radius 1 is 1.32 bits per heavy atom. The number of carbonyl (C=O) groups is 2. The molecule has 1 fully saturated rings. The molecule has 0 aromatic heterocycles. The summed E-state index contributed by atoms with van der Waals surface area (Å²) in [5, 5.41) is 2.70. The van der Waals surface area contributed by atoms with E-state index in [0.717, 1.165) is 12.0 Å². The van der Waals surface area contributed by atoms with E-state index in [4.69, 9.17) is 9.47 Å². The van der Waals surface area contributed by atoms with Crippen LogP contribution in [0.3, 0.4) is 0 Å². The molecular weight excluding hydrogens is 282 g/mol. The van der Waals surface area contributed by atoms with Crippen molar-refractivity contribution in [2.45, 2.75) is 45.6 Å². The van der Waals surface area contributed by atoms with Crippen LogP contribution in [0.15, 0.2) is 12.1 Å². The Morgan fingerprint density at radius 3 is 2.68 bits per heavy atom. The van der Waals surface area contributed by atoms with Crippen LogP contribution >= 0.6 is 0 Å². The Hall–Kier alpha value is -2.04. The number of ether oxygens (including phenoxy) is 2. The summed E-state index contributed by atoms with van der Waals surface area (Å²) in [6.07, 6.45) is 1.10. The Labute approximate surface area is 130 Å². The largest absolute Gasteiger partial charge is 0.492 e. The highest BCUT2D eigenvalue weighted by Gasteiger charge is 2.45. The van der Waals surface area contributed by atoms with E-state index >= 15 is 0 Å². The number of rotatable bonds is 2. The fraction of sp³-hybridized carbons (Fsp3) is 0.529. The van der Waals surface area contributed by atoms with Crippen LogP contribution in [0.1, 0.15) is 56.0 Å². The van der Waals surface area contributed by atoms with E-state index in [1.165, 1.54) is 6.92 Å². The lowest BCUT2D eigenvalue weighted by molar-refractivity contribution is -0.114. The zero-order valence-corrected chi connectivity index (χ0v) is 13.4. The van der Waals surface area contributed by atoms with Gasteiger partial charge >= 0.3 is 5.97 Å². The number of nitrogens with one attached hydrogen (secondary N) is 1. The van der Waals surface area contributed by atoms with E-state index in [-0.39, 0.29) is 5.91 Å². The molecule has 1 aromatic carbocycles. The molecule has 1 aliphatic carbocycles. The van der Waals surface area contributed by atoms with Crippen LogP contribution in [0.5, 0.6) is 5.75 Å². The Balaban J connectivity index is 2.05. The normalized spacial score (nSPS) is 22.0. The molecule has 1 aliphatic heterocycles. The van der Waals surface area contributed by atoms with Crippen LogP contribution in [-0.2, 0) is 9.53 Å². The minimum absolute atomic E-state index is 0.232. The molecule has 3 rings (SSSR count). The van der Waals surface area contributed by atoms with Crippen molar-refractivity contribution >= 4 is 17.6 Å². The van der Waals surface area contributed by atoms with Gasteiger partial charge in [-0.15, -0.1) is 0 Å². The molecule has 118 valence electrons. The highest BCUT2D eigenvalue weighted by Crippen LogP contribution is 2.55. The lowest BCUT2D eigenvalue weighted by atomic mass is 9.99. The smallest absolute Gasteiger partial charge is 0.344 e. The first-order chi connectivity index (χ1) is 10.3. The van der Waals surface area contributed by atoms with Gasteiger partial charge in [-0.1, -0.05) is 6.07 Å². The Bertz CT molecular complexity index is 645. The molecule has 5 heteroatoms. The maximum atomic E-state index is 12.6. The van der Waals surface area contributed by atoms with Crippen molar-refractivity contribution in [3.05, 3.63) is 23.3 Å². The second-order valence-electron chi connectivity index (χ2n) is 7.00. The summed E-state index contributed by atoms with van der Waals surface area (Å²) in [4.78, 5) is 24.0. The fourth-order valence-corrected chi connectivity index (χ4v) is 2.87. The van der Waals surface area contributed by atoms with Gasteiger partial charge in [0.25, 0.3) is 0 Å². The van der Waals surface area contributed by atoms with E-state index in [9.17, 15) is 9.59 Å². The van der Waals surface area contributed by atoms with Gasteiger partial charge in [-0.05, 0) is 44.7 Å². The van der Waals surface area contributed by atoms with Crippen molar-refractivity contribution in [3.63, 3.8) is 0 Å². The first-order valence-electron chi connectivity index (χ1n) is 7.57. The number of benzene rings is 1. The zero-order chi connectivity index (χ0) is 16.1. The lowest BCUT2D eigenvalue weighted by Crippen LogP contribution is -2.26. The number of hydrogen-bond acceptors (Lipinski definition) is 4. The van der Waals surface area contributed by atoms with Crippen molar-refractivity contribution in [1.29, 1.82) is 0 Å². The van der Waals surface area contributed by atoms with Crippen molar-refractivity contribution in [1.82, 2.24) is 0 Å². The summed E-state index contributed by atoms with van der Waals surface area (Å²) < 4.78 is 11.3. The van der Waals surface area contributed by atoms with Crippen LogP contribution in [0.4, 0.5) is 5.69 Å². The number of anilines is 1. The lowest BCUT2D eigenvalue weighted by Gasteiger charge is -2.25. The molecule has 5 nitrogen and oxygen atoms in total. The average Bonchev–Trinajstić information content (AvgIpc) is 3.14. The van der Waals surface area contributed by atoms with Crippen molar-refractivity contribution in [3.8, 4) is 5.75 Å². The van der Waals surface area contributed by atoms with Gasteiger partial charge < -0.3 is 14.8 Å². The predicted molar refractivity (Wildman–Crippen MR) is 82.3 cm³/mol. The maximum absolute atomic E-state index is 12.6. The molecule has 0 saturated heterocycles. The van der Waals surface area contributed by atoms with Gasteiger partial charge in [-0.25, -0.2) is 4.79 Å². The standard InChI is InChI=1S/C17H21NO4/c1-9(19)18-13-6-5-11-12-7-10(12)8-21-15(11)14(13)16(20)22-17(2,3)4/h5-6,10,12H,7-8H2,1-4H3,(H,18,19). The first kappa shape index (κ1) is 14.9. The molecule has 2 unspecified atom stereocenters. The SMILES string of the molecule is CC(=O)Nc1ccc2c(c1C(=O)OC(C)(C)C)OCC1CC21. The van der Waals surface area contributed by atoms with Crippen molar-refractivity contribution < 1.29 is 19.1 Å². The van der Waals surface area contributed by atoms with E-state index in [1.807, 2.05) is 26.8 Å². The molecule has 1 saturated carbocycles. The van der Waals surface area contributed by atoms with Gasteiger partial charge in [0.1, 0.15) is 16.9 Å². The Kier molecular flexibility index (Phi) is 3.38. The highest BCUT2D eigenvalue weighted by molar-refractivity contribution is 6.03.